The molecule has 3 heterocycles. The molecule has 0 spiro atoms. The number of nitrogens with zero attached hydrogens (tertiary/aromatic N) is 5. The number of piperazine rings is 1. The lowest BCUT2D eigenvalue weighted by Gasteiger charge is -2.55. The predicted molar refractivity (Wildman–Crippen MR) is 188 cm³/mol. The number of anilines is 1. The quantitative estimate of drug-likeness (QED) is 0.161. The standard InChI is InChI=1S/C38H48ClN5O/c1-25(2)28-18-31(39)37-35(19-28)44(23-29-13-17-45-29)36(41-37)24-42-15-16-43(34-12-11-33(34)42)32-10-6-9-27-20-38(4,21-30(27)32)14-7-8-26(3)22-40-5/h6-10,18-19,26,29,33-34H,1,5,11-17,20-24H2,2-4H3/b8-7-. The molecule has 4 aliphatic rings. The van der Waals surface area contributed by atoms with E-state index in [0.717, 1.165) is 93.0 Å². The Kier molecular flexibility index (Phi) is 8.43. The van der Waals surface area contributed by atoms with Gasteiger partial charge in [0, 0.05) is 44.0 Å². The number of halogens is 1. The topological polar surface area (TPSA) is 45.9 Å². The highest BCUT2D eigenvalue weighted by Crippen LogP contribution is 2.46. The third-order valence-corrected chi connectivity index (χ3v) is 11.2. The zero-order valence-corrected chi connectivity index (χ0v) is 28.0. The number of allylic oxidation sites excluding steroid dienone is 2. The molecule has 7 heteroatoms. The minimum atomic E-state index is 0.246. The number of fused-ring (bicyclic) bond motifs is 3. The maximum Gasteiger partial charge on any atom is 0.124 e. The molecule has 3 fully saturated rings. The number of hydrogen-bond acceptors (Lipinski definition) is 5. The van der Waals surface area contributed by atoms with Gasteiger partial charge in [-0.2, -0.15) is 0 Å². The molecule has 0 radical (unpaired) electrons. The van der Waals surface area contributed by atoms with E-state index in [1.54, 1.807) is 11.1 Å². The van der Waals surface area contributed by atoms with E-state index in [4.69, 9.17) is 21.3 Å². The van der Waals surface area contributed by atoms with Gasteiger partial charge in [0.2, 0.25) is 0 Å². The van der Waals surface area contributed by atoms with Crippen molar-refractivity contribution in [3.05, 3.63) is 76.6 Å². The Hall–Kier alpha value is -2.93. The number of hydrogen-bond donors (Lipinski definition) is 0. The first kappa shape index (κ1) is 30.7. The number of aromatic nitrogens is 2. The van der Waals surface area contributed by atoms with Gasteiger partial charge in [0.1, 0.15) is 11.3 Å². The SMILES string of the molecule is C=NCC(C)/C=C\CC1(C)Cc2cccc(N3CCN(Cc4nc5c(Cl)cc(C(=C)C)cc5n4CC4CCO4)C4CCC43)c2C1. The van der Waals surface area contributed by atoms with Crippen LogP contribution in [0.25, 0.3) is 16.6 Å². The molecule has 1 saturated carbocycles. The van der Waals surface area contributed by atoms with Crippen LogP contribution in [0.1, 0.15) is 69.0 Å². The molecule has 2 aliphatic heterocycles. The normalized spacial score (nSPS) is 26.8. The molecular formula is C38H48ClN5O. The highest BCUT2D eigenvalue weighted by molar-refractivity contribution is 6.35. The molecule has 2 aromatic carbocycles. The van der Waals surface area contributed by atoms with Crippen molar-refractivity contribution in [3.8, 4) is 0 Å². The van der Waals surface area contributed by atoms with Gasteiger partial charge < -0.3 is 19.2 Å². The van der Waals surface area contributed by atoms with Crippen molar-refractivity contribution in [2.45, 2.75) is 90.6 Å². The summed E-state index contributed by atoms with van der Waals surface area (Å²) in [4.78, 5) is 14.7. The number of rotatable bonds is 11. The second-order valence-electron chi connectivity index (χ2n) is 14.5. The number of aliphatic imine (C=N–C) groups is 1. The Morgan fingerprint density at radius 3 is 2.73 bits per heavy atom. The van der Waals surface area contributed by atoms with Gasteiger partial charge in [-0.15, -0.1) is 0 Å². The van der Waals surface area contributed by atoms with Crippen LogP contribution in [0.5, 0.6) is 0 Å². The lowest BCUT2D eigenvalue weighted by atomic mass is 9.80. The van der Waals surface area contributed by atoms with Crippen molar-refractivity contribution >= 4 is 40.6 Å². The van der Waals surface area contributed by atoms with Crippen molar-refractivity contribution in [2.75, 3.05) is 31.1 Å². The third kappa shape index (κ3) is 5.90. The van der Waals surface area contributed by atoms with Gasteiger partial charge in [0.15, 0.2) is 0 Å². The number of ether oxygens (including phenoxy) is 1. The molecule has 0 amide bonds. The van der Waals surface area contributed by atoms with Crippen LogP contribution in [0.15, 0.2) is 54.1 Å². The summed E-state index contributed by atoms with van der Waals surface area (Å²) < 4.78 is 8.26. The van der Waals surface area contributed by atoms with E-state index in [9.17, 15) is 0 Å². The van der Waals surface area contributed by atoms with Gasteiger partial charge in [0.25, 0.3) is 0 Å². The Morgan fingerprint density at radius 1 is 1.20 bits per heavy atom. The highest BCUT2D eigenvalue weighted by Gasteiger charge is 2.45. The van der Waals surface area contributed by atoms with Gasteiger partial charge in [-0.25, -0.2) is 4.98 Å². The van der Waals surface area contributed by atoms with Crippen molar-refractivity contribution in [1.29, 1.82) is 0 Å². The number of imidazole rings is 1. The van der Waals surface area contributed by atoms with Crippen molar-refractivity contribution in [2.24, 2.45) is 16.3 Å². The number of benzene rings is 2. The molecule has 7 rings (SSSR count). The molecule has 2 saturated heterocycles. The van der Waals surface area contributed by atoms with E-state index in [-0.39, 0.29) is 11.5 Å². The summed E-state index contributed by atoms with van der Waals surface area (Å²) in [6.07, 6.45) is 11.9. The molecule has 238 valence electrons. The summed E-state index contributed by atoms with van der Waals surface area (Å²) in [6, 6.07) is 12.4. The lowest BCUT2D eigenvalue weighted by Crippen LogP contribution is -2.64. The van der Waals surface area contributed by atoms with Gasteiger partial charge in [-0.05, 0) is 98.4 Å². The molecule has 2 aliphatic carbocycles. The Bertz CT molecular complexity index is 1640. The first-order valence-electron chi connectivity index (χ1n) is 16.9. The predicted octanol–water partition coefficient (Wildman–Crippen LogP) is 7.75. The summed E-state index contributed by atoms with van der Waals surface area (Å²) in [7, 11) is 0. The fourth-order valence-electron chi connectivity index (χ4n) is 8.13. The minimum Gasteiger partial charge on any atom is -0.376 e. The van der Waals surface area contributed by atoms with Crippen LogP contribution in [-0.4, -0.2) is 65.6 Å². The molecule has 0 N–H and O–H groups in total. The molecule has 1 aromatic heterocycles. The van der Waals surface area contributed by atoms with Crippen LogP contribution < -0.4 is 4.90 Å². The first-order chi connectivity index (χ1) is 21.7. The van der Waals surface area contributed by atoms with Crippen LogP contribution in [0.2, 0.25) is 5.02 Å². The fourth-order valence-corrected chi connectivity index (χ4v) is 8.39. The monoisotopic (exact) mass is 625 g/mol. The average Bonchev–Trinajstić information content (AvgIpc) is 3.48. The molecule has 45 heavy (non-hydrogen) atoms. The maximum atomic E-state index is 6.81. The van der Waals surface area contributed by atoms with Crippen LogP contribution in [0, 0.1) is 11.3 Å². The second kappa shape index (κ2) is 12.4. The molecular weight excluding hydrogens is 578 g/mol. The van der Waals surface area contributed by atoms with Crippen LogP contribution >= 0.6 is 11.6 Å². The van der Waals surface area contributed by atoms with E-state index >= 15 is 0 Å². The molecule has 5 atom stereocenters. The Labute approximate surface area is 273 Å². The average molecular weight is 626 g/mol. The minimum absolute atomic E-state index is 0.246. The fraction of sp³-hybridized carbons (Fsp3) is 0.526. The molecule has 6 nitrogen and oxygen atoms in total. The van der Waals surface area contributed by atoms with Crippen molar-refractivity contribution in [3.63, 3.8) is 0 Å². The van der Waals surface area contributed by atoms with E-state index < -0.39 is 0 Å². The molecule has 3 aromatic rings. The second-order valence-corrected chi connectivity index (χ2v) is 14.9. The smallest absolute Gasteiger partial charge is 0.124 e. The van der Waals surface area contributed by atoms with E-state index in [0.29, 0.717) is 23.0 Å². The summed E-state index contributed by atoms with van der Waals surface area (Å²) in [6.45, 7) is 19.9. The maximum absolute atomic E-state index is 6.81. The summed E-state index contributed by atoms with van der Waals surface area (Å²) in [5, 5.41) is 0.704. The zero-order valence-electron chi connectivity index (χ0n) is 27.3. The van der Waals surface area contributed by atoms with E-state index in [1.165, 1.54) is 18.5 Å². The van der Waals surface area contributed by atoms with E-state index in [2.05, 4.69) is 82.9 Å². The molecule has 0 bridgehead atoms. The Morgan fingerprint density at radius 2 is 2.02 bits per heavy atom. The molecule has 5 unspecified atom stereocenters. The zero-order chi connectivity index (χ0) is 31.3. The van der Waals surface area contributed by atoms with E-state index in [1.807, 2.05) is 13.0 Å². The largest absolute Gasteiger partial charge is 0.376 e. The van der Waals surface area contributed by atoms with Gasteiger partial charge in [0.05, 0.1) is 29.7 Å². The van der Waals surface area contributed by atoms with Gasteiger partial charge in [-0.3, -0.25) is 4.90 Å². The summed E-state index contributed by atoms with van der Waals surface area (Å²) in [5.74, 6) is 1.55. The highest BCUT2D eigenvalue weighted by atomic mass is 35.5. The third-order valence-electron chi connectivity index (χ3n) is 10.9. The summed E-state index contributed by atoms with van der Waals surface area (Å²) in [5.41, 5.74) is 8.95. The van der Waals surface area contributed by atoms with Crippen molar-refractivity contribution < 1.29 is 4.74 Å². The first-order valence-corrected chi connectivity index (χ1v) is 17.3. The van der Waals surface area contributed by atoms with Crippen molar-refractivity contribution in [1.82, 2.24) is 14.5 Å². The van der Waals surface area contributed by atoms with Gasteiger partial charge in [-0.1, -0.05) is 61.9 Å². The summed E-state index contributed by atoms with van der Waals surface area (Å²) >= 11 is 6.81. The lowest BCUT2D eigenvalue weighted by molar-refractivity contribution is -0.0594. The Balaban J connectivity index is 1.10. The van der Waals surface area contributed by atoms with Crippen LogP contribution in [0.4, 0.5) is 5.69 Å². The van der Waals surface area contributed by atoms with Crippen LogP contribution in [0.3, 0.4) is 0 Å². The van der Waals surface area contributed by atoms with Gasteiger partial charge >= 0.3 is 0 Å². The van der Waals surface area contributed by atoms with Crippen LogP contribution in [-0.2, 0) is 30.7 Å².